The smallest absolute Gasteiger partial charge is 0.195 e. The van der Waals surface area contributed by atoms with Crippen LogP contribution in [0.3, 0.4) is 0 Å². The second kappa shape index (κ2) is 4.21. The number of thiazole rings is 1. The maximum atomic E-state index is 9.14. The van der Waals surface area contributed by atoms with Crippen LogP contribution in [0.5, 0.6) is 0 Å². The van der Waals surface area contributed by atoms with Gasteiger partial charge in [0.05, 0.1) is 5.69 Å². The summed E-state index contributed by atoms with van der Waals surface area (Å²) in [7, 11) is 0. The van der Waals surface area contributed by atoms with Gasteiger partial charge in [-0.15, -0.1) is 11.3 Å². The topological polar surface area (TPSA) is 109 Å². The number of hydrogen-bond donors (Lipinski definition) is 1. The molecule has 3 heterocycles. The fraction of sp³-hybridized carbons (Fsp3) is 0.0909. The van der Waals surface area contributed by atoms with E-state index in [1.54, 1.807) is 0 Å². The number of aromatic nitrogens is 4. The molecule has 0 unspecified atom stereocenters. The van der Waals surface area contributed by atoms with Crippen molar-refractivity contribution in [3.63, 3.8) is 0 Å². The maximum absolute atomic E-state index is 9.14. The highest BCUT2D eigenvalue weighted by molar-refractivity contribution is 7.15. The number of fused-ring (bicyclic) bond motifs is 1. The average Bonchev–Trinajstić information content (AvgIpc) is 3.10. The van der Waals surface area contributed by atoms with Gasteiger partial charge < -0.3 is 5.73 Å². The zero-order chi connectivity index (χ0) is 13.4. The van der Waals surface area contributed by atoms with E-state index in [-0.39, 0.29) is 17.9 Å². The first-order chi connectivity index (χ1) is 9.30. The summed E-state index contributed by atoms with van der Waals surface area (Å²) in [5.41, 5.74) is 6.78. The van der Waals surface area contributed by atoms with Crippen LogP contribution in [0, 0.1) is 22.7 Å². The third-order valence-corrected chi connectivity index (χ3v) is 3.50. The number of nitriles is 2. The summed E-state index contributed by atoms with van der Waals surface area (Å²) >= 11 is 1.47. The molecule has 3 aromatic heterocycles. The monoisotopic (exact) mass is 269 g/mol. The third-order valence-electron chi connectivity index (χ3n) is 2.74. The summed E-state index contributed by atoms with van der Waals surface area (Å²) < 4.78 is 3.37. The summed E-state index contributed by atoms with van der Waals surface area (Å²) in [6.07, 6.45) is 3.29. The van der Waals surface area contributed by atoms with Gasteiger partial charge in [0.15, 0.2) is 22.2 Å². The molecule has 2 N–H and O–H groups in total. The molecule has 0 saturated carbocycles. The Morgan fingerprint density at radius 1 is 1.37 bits per heavy atom. The first-order valence-corrected chi connectivity index (χ1v) is 6.20. The van der Waals surface area contributed by atoms with Crippen molar-refractivity contribution < 1.29 is 0 Å². The Kier molecular flexibility index (Phi) is 2.53. The lowest BCUT2D eigenvalue weighted by Gasteiger charge is -2.02. The van der Waals surface area contributed by atoms with Crippen molar-refractivity contribution in [3.05, 3.63) is 35.0 Å². The molecule has 0 aliphatic heterocycles. The molecule has 92 valence electrons. The summed E-state index contributed by atoms with van der Waals surface area (Å²) in [6.45, 7) is 0.276. The first-order valence-electron chi connectivity index (χ1n) is 5.32. The Morgan fingerprint density at radius 2 is 2.21 bits per heavy atom. The van der Waals surface area contributed by atoms with Crippen LogP contribution in [0.2, 0.25) is 0 Å². The highest BCUT2D eigenvalue weighted by Gasteiger charge is 2.18. The van der Waals surface area contributed by atoms with E-state index in [4.69, 9.17) is 16.3 Å². The fourth-order valence-corrected chi connectivity index (χ4v) is 2.63. The SMILES string of the molecule is N#Cc1ncn(-c2nc3sccn3c2CN)c1C#N. The summed E-state index contributed by atoms with van der Waals surface area (Å²) in [5.74, 6) is 0.542. The van der Waals surface area contributed by atoms with E-state index in [9.17, 15) is 0 Å². The van der Waals surface area contributed by atoms with E-state index in [2.05, 4.69) is 9.97 Å². The number of imidazole rings is 2. The minimum absolute atomic E-state index is 0.0850. The summed E-state index contributed by atoms with van der Waals surface area (Å²) in [4.78, 5) is 9.12. The lowest BCUT2D eigenvalue weighted by Crippen LogP contribution is -2.06. The van der Waals surface area contributed by atoms with Crippen LogP contribution in [0.4, 0.5) is 0 Å². The molecule has 0 atom stereocenters. The summed E-state index contributed by atoms with van der Waals surface area (Å²) in [6, 6.07) is 3.86. The highest BCUT2D eigenvalue weighted by atomic mass is 32.1. The van der Waals surface area contributed by atoms with Crippen LogP contribution < -0.4 is 5.73 Å². The van der Waals surface area contributed by atoms with Crippen LogP contribution >= 0.6 is 11.3 Å². The lowest BCUT2D eigenvalue weighted by molar-refractivity contribution is 0.907. The molecule has 3 rings (SSSR count). The largest absolute Gasteiger partial charge is 0.325 e. The van der Waals surface area contributed by atoms with E-state index in [1.807, 2.05) is 28.1 Å². The lowest BCUT2D eigenvalue weighted by atomic mass is 10.3. The molecule has 0 aromatic carbocycles. The minimum atomic E-state index is 0.0850. The van der Waals surface area contributed by atoms with Crippen molar-refractivity contribution in [2.45, 2.75) is 6.54 Å². The first kappa shape index (κ1) is 11.4. The van der Waals surface area contributed by atoms with Gasteiger partial charge in [-0.25, -0.2) is 9.97 Å². The minimum Gasteiger partial charge on any atom is -0.325 e. The molecular weight excluding hydrogens is 262 g/mol. The van der Waals surface area contributed by atoms with E-state index >= 15 is 0 Å². The maximum Gasteiger partial charge on any atom is 0.195 e. The van der Waals surface area contributed by atoms with Crippen LogP contribution in [0.15, 0.2) is 17.9 Å². The zero-order valence-corrected chi connectivity index (χ0v) is 10.4. The molecule has 0 fully saturated rings. The predicted octanol–water partition coefficient (Wildman–Crippen LogP) is 0.784. The Labute approximate surface area is 111 Å². The number of nitrogens with zero attached hydrogens (tertiary/aromatic N) is 6. The van der Waals surface area contributed by atoms with Crippen molar-refractivity contribution in [1.29, 1.82) is 10.5 Å². The normalized spacial score (nSPS) is 10.5. The molecular formula is C11H7N7S. The molecule has 0 spiro atoms. The van der Waals surface area contributed by atoms with Crippen molar-refractivity contribution in [3.8, 4) is 18.0 Å². The molecule has 19 heavy (non-hydrogen) atoms. The van der Waals surface area contributed by atoms with Gasteiger partial charge in [0.2, 0.25) is 0 Å². The molecule has 0 amide bonds. The Hall–Kier alpha value is -2.68. The average molecular weight is 269 g/mol. The van der Waals surface area contributed by atoms with E-state index in [1.165, 1.54) is 22.2 Å². The molecule has 8 heteroatoms. The van der Waals surface area contributed by atoms with Crippen LogP contribution in [-0.2, 0) is 6.54 Å². The van der Waals surface area contributed by atoms with Gasteiger partial charge in [0.25, 0.3) is 0 Å². The van der Waals surface area contributed by atoms with Crippen LogP contribution in [-0.4, -0.2) is 18.9 Å². The molecule has 0 aliphatic rings. The van der Waals surface area contributed by atoms with E-state index < -0.39 is 0 Å². The van der Waals surface area contributed by atoms with E-state index in [0.29, 0.717) is 5.82 Å². The van der Waals surface area contributed by atoms with Gasteiger partial charge in [-0.1, -0.05) is 0 Å². The molecule has 0 aliphatic carbocycles. The number of nitrogens with two attached hydrogens (primary N) is 1. The predicted molar refractivity (Wildman–Crippen MR) is 67.5 cm³/mol. The van der Waals surface area contributed by atoms with Gasteiger partial charge in [-0.2, -0.15) is 10.5 Å². The molecule has 0 radical (unpaired) electrons. The molecule has 0 saturated heterocycles. The van der Waals surface area contributed by atoms with Gasteiger partial charge in [0, 0.05) is 18.1 Å². The van der Waals surface area contributed by atoms with E-state index in [0.717, 1.165) is 10.7 Å². The van der Waals surface area contributed by atoms with Crippen molar-refractivity contribution in [2.75, 3.05) is 0 Å². The van der Waals surface area contributed by atoms with Crippen molar-refractivity contribution >= 4 is 16.3 Å². The third kappa shape index (κ3) is 1.52. The Bertz CT molecular complexity index is 839. The second-order valence-corrected chi connectivity index (χ2v) is 4.55. The Morgan fingerprint density at radius 3 is 2.89 bits per heavy atom. The van der Waals surface area contributed by atoms with Crippen LogP contribution in [0.25, 0.3) is 10.8 Å². The molecule has 7 nitrogen and oxygen atoms in total. The second-order valence-electron chi connectivity index (χ2n) is 3.68. The Balaban J connectivity index is 2.31. The van der Waals surface area contributed by atoms with Crippen molar-refractivity contribution in [2.24, 2.45) is 5.73 Å². The standard InChI is InChI=1S/C11H7N7S/c12-3-7-8(4-13)18(6-15-7)10-9(5-14)17-1-2-19-11(17)16-10/h1-2,6H,5,14H2. The quantitative estimate of drug-likeness (QED) is 0.739. The van der Waals surface area contributed by atoms with Gasteiger partial charge in [0.1, 0.15) is 18.5 Å². The number of hydrogen-bond acceptors (Lipinski definition) is 6. The summed E-state index contributed by atoms with van der Waals surface area (Å²) in [5, 5.41) is 20.0. The van der Waals surface area contributed by atoms with Crippen molar-refractivity contribution in [1.82, 2.24) is 18.9 Å². The molecule has 0 bridgehead atoms. The molecule has 3 aromatic rings. The highest BCUT2D eigenvalue weighted by Crippen LogP contribution is 2.22. The van der Waals surface area contributed by atoms with Gasteiger partial charge in [-0.3, -0.25) is 8.97 Å². The number of rotatable bonds is 2. The van der Waals surface area contributed by atoms with Crippen LogP contribution in [0.1, 0.15) is 17.1 Å². The zero-order valence-electron chi connectivity index (χ0n) is 9.61. The van der Waals surface area contributed by atoms with Gasteiger partial charge >= 0.3 is 0 Å². The fourth-order valence-electron chi connectivity index (χ4n) is 1.90. The van der Waals surface area contributed by atoms with Gasteiger partial charge in [-0.05, 0) is 0 Å².